The van der Waals surface area contributed by atoms with Gasteiger partial charge < -0.3 is 15.9 Å². The largest absolute Gasteiger partial charge is 0.481 e. The Balaban J connectivity index is 0.000000175. The van der Waals surface area contributed by atoms with Crippen molar-refractivity contribution in [2.45, 2.75) is 13.3 Å². The van der Waals surface area contributed by atoms with E-state index in [2.05, 4.69) is 12.1 Å². The molecule has 0 fully saturated rings. The molecule has 0 aliphatic heterocycles. The van der Waals surface area contributed by atoms with Gasteiger partial charge in [-0.15, -0.1) is 0 Å². The Morgan fingerprint density at radius 1 is 1.08 bits per heavy atom. The average molecular weight is 325 g/mol. The molecule has 0 spiro atoms. The highest BCUT2D eigenvalue weighted by atomic mass is 16.4. The van der Waals surface area contributed by atoms with Gasteiger partial charge in [-0.3, -0.25) is 4.79 Å². The molecule has 0 saturated heterocycles. The van der Waals surface area contributed by atoms with Crippen molar-refractivity contribution in [2.75, 3.05) is 5.73 Å². The minimum Gasteiger partial charge on any atom is -0.481 e. The standard InChI is InChI=1S/C10H9N.C9H10O4/c11-10-7-3-5-8-4-1-2-6-9(8)10;1-9(8(12)13)4-2-3-6(5-9)7(10)11/h1-7H,11H2;2-4H,5H2,1H3,(H,10,11)(H,12,13). The number of anilines is 1. The maximum absolute atomic E-state index is 10.8. The van der Waals surface area contributed by atoms with Crippen molar-refractivity contribution < 1.29 is 19.8 Å². The van der Waals surface area contributed by atoms with Gasteiger partial charge >= 0.3 is 11.9 Å². The molecule has 2 aromatic rings. The van der Waals surface area contributed by atoms with E-state index < -0.39 is 17.4 Å². The van der Waals surface area contributed by atoms with E-state index in [0.717, 1.165) is 11.1 Å². The number of hydrogen-bond acceptors (Lipinski definition) is 3. The summed E-state index contributed by atoms with van der Waals surface area (Å²) in [5.74, 6) is -2.06. The Hall–Kier alpha value is -3.08. The fourth-order valence-electron chi connectivity index (χ4n) is 2.43. The third-order valence-corrected chi connectivity index (χ3v) is 3.91. The zero-order valence-electron chi connectivity index (χ0n) is 13.3. The van der Waals surface area contributed by atoms with Crippen LogP contribution in [0.5, 0.6) is 0 Å². The van der Waals surface area contributed by atoms with Crippen LogP contribution in [0.15, 0.2) is 66.3 Å². The molecule has 2 aromatic carbocycles. The summed E-state index contributed by atoms with van der Waals surface area (Å²) in [6, 6.07) is 14.1. The first-order chi connectivity index (χ1) is 11.3. The molecule has 0 amide bonds. The van der Waals surface area contributed by atoms with Gasteiger partial charge in [0.1, 0.15) is 0 Å². The van der Waals surface area contributed by atoms with E-state index in [1.165, 1.54) is 30.5 Å². The summed E-state index contributed by atoms with van der Waals surface area (Å²) >= 11 is 0. The maximum atomic E-state index is 10.8. The summed E-state index contributed by atoms with van der Waals surface area (Å²) in [5, 5.41) is 19.8. The number of carboxylic acids is 2. The molecule has 3 rings (SSSR count). The van der Waals surface area contributed by atoms with E-state index in [1.807, 2.05) is 30.3 Å². The third-order valence-electron chi connectivity index (χ3n) is 3.91. The molecule has 4 N–H and O–H groups in total. The van der Waals surface area contributed by atoms with E-state index in [0.29, 0.717) is 0 Å². The molecule has 1 aliphatic carbocycles. The van der Waals surface area contributed by atoms with Gasteiger partial charge in [-0.05, 0) is 24.8 Å². The van der Waals surface area contributed by atoms with E-state index in [9.17, 15) is 9.59 Å². The lowest BCUT2D eigenvalue weighted by atomic mass is 9.80. The number of nitrogen functional groups attached to an aromatic ring is 1. The van der Waals surface area contributed by atoms with Gasteiger partial charge in [0.25, 0.3) is 0 Å². The van der Waals surface area contributed by atoms with E-state index in [-0.39, 0.29) is 12.0 Å². The predicted octanol–water partition coefficient (Wildman–Crippen LogP) is 3.47. The first kappa shape index (κ1) is 17.3. The van der Waals surface area contributed by atoms with Gasteiger partial charge in [-0.1, -0.05) is 54.6 Å². The lowest BCUT2D eigenvalue weighted by molar-refractivity contribution is -0.145. The summed E-state index contributed by atoms with van der Waals surface area (Å²) in [6.07, 6.45) is 4.43. The normalized spacial score (nSPS) is 19.1. The van der Waals surface area contributed by atoms with Gasteiger partial charge in [0.15, 0.2) is 0 Å². The Morgan fingerprint density at radius 2 is 1.75 bits per heavy atom. The molecule has 5 heteroatoms. The number of allylic oxidation sites excluding steroid dienone is 2. The molecular weight excluding hydrogens is 306 g/mol. The molecule has 24 heavy (non-hydrogen) atoms. The van der Waals surface area contributed by atoms with Crippen LogP contribution in [-0.2, 0) is 9.59 Å². The summed E-state index contributed by atoms with van der Waals surface area (Å²) < 4.78 is 0. The van der Waals surface area contributed by atoms with Gasteiger partial charge in [-0.2, -0.15) is 0 Å². The van der Waals surface area contributed by atoms with Crippen LogP contribution in [-0.4, -0.2) is 22.2 Å². The topological polar surface area (TPSA) is 101 Å². The van der Waals surface area contributed by atoms with Gasteiger partial charge in [-0.25, -0.2) is 4.79 Å². The van der Waals surface area contributed by atoms with Crippen LogP contribution in [0.2, 0.25) is 0 Å². The number of carboxylic acid groups (broad SMARTS) is 2. The Morgan fingerprint density at radius 3 is 2.38 bits per heavy atom. The zero-order valence-corrected chi connectivity index (χ0v) is 13.3. The van der Waals surface area contributed by atoms with Crippen LogP contribution in [0.1, 0.15) is 13.3 Å². The number of rotatable bonds is 2. The lowest BCUT2D eigenvalue weighted by Crippen LogP contribution is -2.28. The highest BCUT2D eigenvalue weighted by Crippen LogP contribution is 2.31. The molecule has 0 aromatic heterocycles. The van der Waals surface area contributed by atoms with Crippen molar-refractivity contribution in [2.24, 2.45) is 5.41 Å². The maximum Gasteiger partial charge on any atom is 0.331 e. The second-order valence-electron chi connectivity index (χ2n) is 5.82. The average Bonchev–Trinajstić information content (AvgIpc) is 2.56. The van der Waals surface area contributed by atoms with Crippen LogP contribution < -0.4 is 5.73 Å². The SMILES string of the molecule is CC1(C(=O)O)C=CC=C(C(=O)O)C1.Nc1cccc2ccccc12. The van der Waals surface area contributed by atoms with Crippen molar-refractivity contribution in [1.82, 2.24) is 0 Å². The van der Waals surface area contributed by atoms with E-state index in [4.69, 9.17) is 15.9 Å². The molecule has 1 aliphatic rings. The van der Waals surface area contributed by atoms with Crippen molar-refractivity contribution >= 4 is 28.4 Å². The van der Waals surface area contributed by atoms with Crippen molar-refractivity contribution in [1.29, 1.82) is 0 Å². The molecule has 124 valence electrons. The number of aliphatic carboxylic acids is 2. The summed E-state index contributed by atoms with van der Waals surface area (Å²) in [4.78, 5) is 21.3. The van der Waals surface area contributed by atoms with E-state index in [1.54, 1.807) is 0 Å². The van der Waals surface area contributed by atoms with Crippen LogP contribution in [0.25, 0.3) is 10.8 Å². The second kappa shape index (κ2) is 7.00. The fraction of sp³-hybridized carbons (Fsp3) is 0.158. The molecule has 0 bridgehead atoms. The Bertz CT molecular complexity index is 833. The Kier molecular flexibility index (Phi) is 5.04. The van der Waals surface area contributed by atoms with Crippen molar-refractivity contribution in [3.63, 3.8) is 0 Å². The molecule has 0 saturated carbocycles. The van der Waals surface area contributed by atoms with Gasteiger partial charge in [0.05, 0.1) is 5.41 Å². The fourth-order valence-corrected chi connectivity index (χ4v) is 2.43. The van der Waals surface area contributed by atoms with E-state index >= 15 is 0 Å². The zero-order chi connectivity index (χ0) is 17.7. The molecular formula is C19H19NO4. The number of carbonyl (C=O) groups is 2. The monoisotopic (exact) mass is 325 g/mol. The van der Waals surface area contributed by atoms with Crippen LogP contribution in [0, 0.1) is 5.41 Å². The molecule has 5 nitrogen and oxygen atoms in total. The highest BCUT2D eigenvalue weighted by Gasteiger charge is 2.34. The summed E-state index contributed by atoms with van der Waals surface area (Å²) in [6.45, 7) is 1.50. The van der Waals surface area contributed by atoms with Gasteiger partial charge in [0.2, 0.25) is 0 Å². The van der Waals surface area contributed by atoms with Crippen molar-refractivity contribution in [3.05, 3.63) is 66.3 Å². The quantitative estimate of drug-likeness (QED) is 0.734. The van der Waals surface area contributed by atoms with Crippen molar-refractivity contribution in [3.8, 4) is 0 Å². The molecule has 0 radical (unpaired) electrons. The predicted molar refractivity (Wildman–Crippen MR) is 93.6 cm³/mol. The number of hydrogen-bond donors (Lipinski definition) is 3. The van der Waals surface area contributed by atoms with Gasteiger partial charge in [0, 0.05) is 16.6 Å². The highest BCUT2D eigenvalue weighted by molar-refractivity contribution is 5.92. The minimum atomic E-state index is -1.08. The second-order valence-corrected chi connectivity index (χ2v) is 5.82. The molecule has 0 heterocycles. The number of fused-ring (bicyclic) bond motifs is 1. The third kappa shape index (κ3) is 3.81. The molecule has 1 atom stereocenters. The Labute approximate surface area is 139 Å². The van der Waals surface area contributed by atoms with Crippen LogP contribution in [0.4, 0.5) is 5.69 Å². The first-order valence-electron chi connectivity index (χ1n) is 7.42. The summed E-state index contributed by atoms with van der Waals surface area (Å²) in [7, 11) is 0. The van der Waals surface area contributed by atoms with Crippen LogP contribution >= 0.6 is 0 Å². The number of benzene rings is 2. The summed E-state index contributed by atoms with van der Waals surface area (Å²) in [5.41, 5.74) is 5.66. The first-order valence-corrected chi connectivity index (χ1v) is 7.42. The molecule has 1 unspecified atom stereocenters. The lowest BCUT2D eigenvalue weighted by Gasteiger charge is -2.23. The number of nitrogens with two attached hydrogens (primary N) is 1. The minimum absolute atomic E-state index is 0.0359. The smallest absolute Gasteiger partial charge is 0.331 e. The van der Waals surface area contributed by atoms with Crippen LogP contribution in [0.3, 0.4) is 0 Å².